The minimum atomic E-state index is -0.238. The molecule has 1 aromatic heterocycles. The molecule has 96 valence electrons. The Morgan fingerprint density at radius 3 is 2.53 bits per heavy atom. The maximum Gasteiger partial charge on any atom is 0.240 e. The smallest absolute Gasteiger partial charge is 0.240 e. The minimum Gasteiger partial charge on any atom is -0.473 e. The van der Waals surface area contributed by atoms with E-state index in [-0.39, 0.29) is 11.7 Å². The van der Waals surface area contributed by atoms with E-state index in [1.807, 2.05) is 27.7 Å². The molecule has 0 bridgehead atoms. The number of aromatic nitrogens is 1. The van der Waals surface area contributed by atoms with Crippen LogP contribution in [-0.2, 0) is 0 Å². The zero-order chi connectivity index (χ0) is 13.1. The molecule has 0 fully saturated rings. The van der Waals surface area contributed by atoms with Crippen molar-refractivity contribution >= 4 is 5.69 Å². The van der Waals surface area contributed by atoms with Crippen LogP contribution in [0.15, 0.2) is 12.1 Å². The topological polar surface area (TPSA) is 57.4 Å². The summed E-state index contributed by atoms with van der Waals surface area (Å²) in [6.07, 6.45) is 0.943. The predicted octanol–water partition coefficient (Wildman–Crippen LogP) is 3.02. The number of nitrogen functional groups attached to an aromatic ring is 1. The van der Waals surface area contributed by atoms with Crippen LogP contribution in [0.5, 0.6) is 11.8 Å². The Morgan fingerprint density at radius 2 is 2.00 bits per heavy atom. The monoisotopic (exact) mass is 238 g/mol. The lowest BCUT2D eigenvalue weighted by Gasteiger charge is -2.24. The number of nitrogens with two attached hydrogens (primary N) is 1. The van der Waals surface area contributed by atoms with Gasteiger partial charge in [0.05, 0.1) is 11.8 Å². The predicted molar refractivity (Wildman–Crippen MR) is 69.4 cm³/mol. The van der Waals surface area contributed by atoms with E-state index in [0.717, 1.165) is 6.42 Å². The van der Waals surface area contributed by atoms with Crippen LogP contribution in [0.25, 0.3) is 0 Å². The molecule has 0 aromatic carbocycles. The Balaban J connectivity index is 2.88. The average molecular weight is 238 g/mol. The molecule has 1 heterocycles. The van der Waals surface area contributed by atoms with Crippen LogP contribution in [0.3, 0.4) is 0 Å². The van der Waals surface area contributed by atoms with Crippen molar-refractivity contribution in [3.63, 3.8) is 0 Å². The molecule has 1 rings (SSSR count). The number of anilines is 1. The van der Waals surface area contributed by atoms with Gasteiger partial charge in [-0.25, -0.2) is 0 Å². The molecule has 0 saturated heterocycles. The van der Waals surface area contributed by atoms with Gasteiger partial charge in [0.25, 0.3) is 0 Å². The lowest BCUT2D eigenvalue weighted by atomic mass is 10.1. The first-order valence-electron chi connectivity index (χ1n) is 5.96. The van der Waals surface area contributed by atoms with Gasteiger partial charge in [0.15, 0.2) is 0 Å². The van der Waals surface area contributed by atoms with Gasteiger partial charge in [-0.3, -0.25) is 0 Å². The third-order valence-electron chi connectivity index (χ3n) is 2.44. The molecule has 0 aliphatic heterocycles. The second kappa shape index (κ2) is 5.25. The normalized spacial score (nSPS) is 11.6. The first-order chi connectivity index (χ1) is 7.84. The summed E-state index contributed by atoms with van der Waals surface area (Å²) >= 11 is 0. The Bertz CT molecular complexity index is 376. The van der Waals surface area contributed by atoms with Crippen molar-refractivity contribution < 1.29 is 9.47 Å². The first-order valence-corrected chi connectivity index (χ1v) is 5.96. The minimum absolute atomic E-state index is 0.0410. The number of hydrogen-bond donors (Lipinski definition) is 1. The molecular formula is C13H22N2O2. The van der Waals surface area contributed by atoms with E-state index in [9.17, 15) is 0 Å². The SMILES string of the molecule is CCC(C)(C)Oc1ccc(N)c(OC(C)C)n1. The van der Waals surface area contributed by atoms with Gasteiger partial charge in [-0.2, -0.15) is 4.98 Å². The van der Waals surface area contributed by atoms with Crippen LogP contribution in [0, 0.1) is 0 Å². The highest BCUT2D eigenvalue weighted by atomic mass is 16.5. The highest BCUT2D eigenvalue weighted by Crippen LogP contribution is 2.26. The number of pyridine rings is 1. The number of nitrogens with zero attached hydrogens (tertiary/aromatic N) is 1. The Labute approximate surface area is 103 Å². The fraction of sp³-hybridized carbons (Fsp3) is 0.615. The van der Waals surface area contributed by atoms with Gasteiger partial charge in [0.1, 0.15) is 5.60 Å². The molecule has 0 radical (unpaired) electrons. The number of rotatable bonds is 5. The highest BCUT2D eigenvalue weighted by Gasteiger charge is 2.18. The van der Waals surface area contributed by atoms with E-state index >= 15 is 0 Å². The van der Waals surface area contributed by atoms with Crippen molar-refractivity contribution in [1.29, 1.82) is 0 Å². The molecule has 4 heteroatoms. The number of ether oxygens (including phenoxy) is 2. The van der Waals surface area contributed by atoms with Gasteiger partial charge in [-0.1, -0.05) is 6.92 Å². The third-order valence-corrected chi connectivity index (χ3v) is 2.44. The van der Waals surface area contributed by atoms with E-state index in [2.05, 4.69) is 11.9 Å². The van der Waals surface area contributed by atoms with E-state index in [0.29, 0.717) is 17.4 Å². The zero-order valence-electron chi connectivity index (χ0n) is 11.3. The molecule has 0 saturated carbocycles. The summed E-state index contributed by atoms with van der Waals surface area (Å²) in [6.45, 7) is 9.99. The molecule has 1 aromatic rings. The van der Waals surface area contributed by atoms with Crippen molar-refractivity contribution in [3.05, 3.63) is 12.1 Å². The second-order valence-corrected chi connectivity index (χ2v) is 4.93. The third kappa shape index (κ3) is 4.13. The maximum atomic E-state index is 5.79. The van der Waals surface area contributed by atoms with Gasteiger partial charge < -0.3 is 15.2 Å². The maximum absolute atomic E-state index is 5.79. The molecule has 4 nitrogen and oxygen atoms in total. The molecule has 0 aliphatic carbocycles. The van der Waals surface area contributed by atoms with E-state index in [4.69, 9.17) is 15.2 Å². The van der Waals surface area contributed by atoms with E-state index < -0.39 is 0 Å². The van der Waals surface area contributed by atoms with Gasteiger partial charge in [0, 0.05) is 6.07 Å². The van der Waals surface area contributed by atoms with Crippen molar-refractivity contribution in [2.75, 3.05) is 5.73 Å². The van der Waals surface area contributed by atoms with Crippen molar-refractivity contribution in [2.45, 2.75) is 52.7 Å². The lowest BCUT2D eigenvalue weighted by Crippen LogP contribution is -2.27. The Morgan fingerprint density at radius 1 is 1.35 bits per heavy atom. The van der Waals surface area contributed by atoms with E-state index in [1.165, 1.54) is 0 Å². The van der Waals surface area contributed by atoms with Crippen molar-refractivity contribution in [1.82, 2.24) is 4.98 Å². The summed E-state index contributed by atoms with van der Waals surface area (Å²) in [7, 11) is 0. The van der Waals surface area contributed by atoms with E-state index in [1.54, 1.807) is 12.1 Å². The molecule has 17 heavy (non-hydrogen) atoms. The lowest BCUT2D eigenvalue weighted by molar-refractivity contribution is 0.0972. The summed E-state index contributed by atoms with van der Waals surface area (Å²) in [4.78, 5) is 4.28. The van der Waals surface area contributed by atoms with Crippen LogP contribution in [0.1, 0.15) is 41.0 Å². The molecule has 2 N–H and O–H groups in total. The van der Waals surface area contributed by atoms with Crippen LogP contribution in [0.2, 0.25) is 0 Å². The standard InChI is InChI=1S/C13H22N2O2/c1-6-13(4,5)17-11-8-7-10(14)12(15-11)16-9(2)3/h7-9H,6,14H2,1-5H3. The molecule has 0 amide bonds. The first kappa shape index (κ1) is 13.6. The molecular weight excluding hydrogens is 216 g/mol. The molecule has 0 unspecified atom stereocenters. The summed E-state index contributed by atoms with van der Waals surface area (Å²) in [5.74, 6) is 0.978. The highest BCUT2D eigenvalue weighted by molar-refractivity contribution is 5.49. The van der Waals surface area contributed by atoms with Crippen molar-refractivity contribution in [2.24, 2.45) is 0 Å². The average Bonchev–Trinajstić information content (AvgIpc) is 2.22. The number of hydrogen-bond acceptors (Lipinski definition) is 4. The van der Waals surface area contributed by atoms with Crippen LogP contribution in [-0.4, -0.2) is 16.7 Å². The zero-order valence-corrected chi connectivity index (χ0v) is 11.3. The quantitative estimate of drug-likeness (QED) is 0.856. The summed E-state index contributed by atoms with van der Waals surface area (Å²) < 4.78 is 11.3. The summed E-state index contributed by atoms with van der Waals surface area (Å²) in [5, 5.41) is 0. The van der Waals surface area contributed by atoms with Gasteiger partial charge in [-0.05, 0) is 40.2 Å². The Kier molecular flexibility index (Phi) is 4.21. The largest absolute Gasteiger partial charge is 0.473 e. The van der Waals surface area contributed by atoms with Crippen LogP contribution >= 0.6 is 0 Å². The fourth-order valence-corrected chi connectivity index (χ4v) is 1.16. The second-order valence-electron chi connectivity index (χ2n) is 4.93. The Hall–Kier alpha value is -1.45. The fourth-order valence-electron chi connectivity index (χ4n) is 1.16. The molecule has 0 atom stereocenters. The van der Waals surface area contributed by atoms with Gasteiger partial charge in [0.2, 0.25) is 11.8 Å². The van der Waals surface area contributed by atoms with Crippen LogP contribution < -0.4 is 15.2 Å². The summed E-state index contributed by atoms with van der Waals surface area (Å²) in [6, 6.07) is 3.52. The van der Waals surface area contributed by atoms with Gasteiger partial charge in [-0.15, -0.1) is 0 Å². The van der Waals surface area contributed by atoms with Crippen molar-refractivity contribution in [3.8, 4) is 11.8 Å². The summed E-state index contributed by atoms with van der Waals surface area (Å²) in [5.41, 5.74) is 6.08. The molecule has 0 aliphatic rings. The van der Waals surface area contributed by atoms with Gasteiger partial charge >= 0.3 is 0 Å². The van der Waals surface area contributed by atoms with Crippen LogP contribution in [0.4, 0.5) is 5.69 Å². The molecule has 0 spiro atoms.